The maximum Gasteiger partial charge on any atom is 0.109 e. The molecule has 0 saturated carbocycles. The average Bonchev–Trinajstić information content (AvgIpc) is 3.05. The Hall–Kier alpha value is -1.34. The summed E-state index contributed by atoms with van der Waals surface area (Å²) in [4.78, 5) is 0. The van der Waals surface area contributed by atoms with E-state index >= 15 is 0 Å². The summed E-state index contributed by atoms with van der Waals surface area (Å²) in [6.45, 7) is 3.64. The van der Waals surface area contributed by atoms with Crippen LogP contribution in [-0.2, 0) is 4.74 Å². The Morgan fingerprint density at radius 1 is 1.27 bits per heavy atom. The molecule has 0 amide bonds. The van der Waals surface area contributed by atoms with E-state index in [-0.39, 0.29) is 0 Å². The largest absolute Gasteiger partial charge is 0.364 e. The molecule has 0 aromatic heterocycles. The second-order valence-corrected chi connectivity index (χ2v) is 3.75. The molecule has 2 rings (SSSR count). The molecule has 1 aliphatic heterocycles. The predicted molar refractivity (Wildman–Crippen MR) is 62.6 cm³/mol. The van der Waals surface area contributed by atoms with Crippen LogP contribution in [-0.4, -0.2) is 6.10 Å². The minimum Gasteiger partial charge on any atom is -0.364 e. The van der Waals surface area contributed by atoms with Crippen molar-refractivity contribution in [2.45, 2.75) is 25.0 Å². The summed E-state index contributed by atoms with van der Waals surface area (Å²) in [5.41, 5.74) is 1.30. The van der Waals surface area contributed by atoms with Crippen molar-refractivity contribution in [3.8, 4) is 0 Å². The van der Waals surface area contributed by atoms with Gasteiger partial charge in [-0.1, -0.05) is 55.1 Å². The summed E-state index contributed by atoms with van der Waals surface area (Å²) < 4.78 is 5.62. The van der Waals surface area contributed by atoms with Crippen LogP contribution in [0.2, 0.25) is 0 Å². The molecule has 0 bridgehead atoms. The molecule has 1 heterocycles. The summed E-state index contributed by atoms with van der Waals surface area (Å²) in [6, 6.07) is 10.4. The molecule has 1 aromatic carbocycles. The SMILES string of the molecule is C=CC=CCCC1OC1c1ccccc1. The van der Waals surface area contributed by atoms with Crippen molar-refractivity contribution in [3.05, 3.63) is 60.7 Å². The topological polar surface area (TPSA) is 12.5 Å². The van der Waals surface area contributed by atoms with E-state index in [2.05, 4.69) is 36.9 Å². The molecule has 1 aromatic rings. The Morgan fingerprint density at radius 2 is 2.07 bits per heavy atom. The number of benzene rings is 1. The molecule has 1 saturated heterocycles. The third-order valence-corrected chi connectivity index (χ3v) is 2.60. The van der Waals surface area contributed by atoms with Crippen LogP contribution < -0.4 is 0 Å². The van der Waals surface area contributed by atoms with E-state index < -0.39 is 0 Å². The summed E-state index contributed by atoms with van der Waals surface area (Å²) >= 11 is 0. The summed E-state index contributed by atoms with van der Waals surface area (Å²) in [5.74, 6) is 0. The summed E-state index contributed by atoms with van der Waals surface area (Å²) in [7, 11) is 0. The number of rotatable bonds is 5. The zero-order valence-corrected chi connectivity index (χ0v) is 8.80. The molecule has 1 heteroatoms. The summed E-state index contributed by atoms with van der Waals surface area (Å²) in [5, 5.41) is 0. The number of hydrogen-bond donors (Lipinski definition) is 0. The molecular formula is C14H16O. The van der Waals surface area contributed by atoms with Gasteiger partial charge in [0.15, 0.2) is 0 Å². The third-order valence-electron chi connectivity index (χ3n) is 2.60. The van der Waals surface area contributed by atoms with Crippen molar-refractivity contribution < 1.29 is 4.74 Å². The van der Waals surface area contributed by atoms with E-state index in [1.54, 1.807) is 0 Å². The molecular weight excluding hydrogens is 184 g/mol. The highest BCUT2D eigenvalue weighted by Gasteiger charge is 2.38. The fraction of sp³-hybridized carbons (Fsp3) is 0.286. The van der Waals surface area contributed by atoms with Gasteiger partial charge in [-0.15, -0.1) is 0 Å². The van der Waals surface area contributed by atoms with Gasteiger partial charge in [0.1, 0.15) is 6.10 Å². The highest BCUT2D eigenvalue weighted by atomic mass is 16.6. The average molecular weight is 200 g/mol. The van der Waals surface area contributed by atoms with Gasteiger partial charge in [0.2, 0.25) is 0 Å². The maximum atomic E-state index is 5.62. The van der Waals surface area contributed by atoms with Crippen LogP contribution in [0, 0.1) is 0 Å². The minimum absolute atomic E-state index is 0.336. The molecule has 2 unspecified atom stereocenters. The second kappa shape index (κ2) is 4.94. The van der Waals surface area contributed by atoms with Crippen molar-refractivity contribution in [2.24, 2.45) is 0 Å². The van der Waals surface area contributed by atoms with Crippen LogP contribution >= 0.6 is 0 Å². The zero-order chi connectivity index (χ0) is 10.5. The van der Waals surface area contributed by atoms with Gasteiger partial charge in [-0.25, -0.2) is 0 Å². The lowest BCUT2D eigenvalue weighted by atomic mass is 10.1. The number of hydrogen-bond acceptors (Lipinski definition) is 1. The fourth-order valence-electron chi connectivity index (χ4n) is 1.75. The quantitative estimate of drug-likeness (QED) is 0.522. The van der Waals surface area contributed by atoms with Gasteiger partial charge in [0.05, 0.1) is 6.10 Å². The number of epoxide rings is 1. The third kappa shape index (κ3) is 2.80. The lowest BCUT2D eigenvalue weighted by Crippen LogP contribution is -1.87. The minimum atomic E-state index is 0.336. The molecule has 0 N–H and O–H groups in total. The first-order valence-electron chi connectivity index (χ1n) is 5.40. The number of allylic oxidation sites excluding steroid dienone is 3. The van der Waals surface area contributed by atoms with Crippen LogP contribution in [0.1, 0.15) is 24.5 Å². The van der Waals surface area contributed by atoms with E-state index in [4.69, 9.17) is 4.74 Å². The summed E-state index contributed by atoms with van der Waals surface area (Å²) in [6.07, 6.45) is 8.86. The molecule has 1 aliphatic rings. The first-order chi connectivity index (χ1) is 7.42. The van der Waals surface area contributed by atoms with Gasteiger partial charge < -0.3 is 4.74 Å². The van der Waals surface area contributed by atoms with Crippen LogP contribution in [0.3, 0.4) is 0 Å². The van der Waals surface area contributed by atoms with E-state index in [0.29, 0.717) is 12.2 Å². The molecule has 0 radical (unpaired) electrons. The Balaban J connectivity index is 1.77. The lowest BCUT2D eigenvalue weighted by molar-refractivity contribution is 0.366. The van der Waals surface area contributed by atoms with Crippen LogP contribution in [0.25, 0.3) is 0 Å². The molecule has 15 heavy (non-hydrogen) atoms. The zero-order valence-electron chi connectivity index (χ0n) is 8.80. The first kappa shape index (κ1) is 10.2. The van der Waals surface area contributed by atoms with Crippen molar-refractivity contribution in [2.75, 3.05) is 0 Å². The Bertz CT molecular complexity index is 340. The number of ether oxygens (including phenoxy) is 1. The van der Waals surface area contributed by atoms with Gasteiger partial charge in [-0.05, 0) is 18.4 Å². The lowest BCUT2D eigenvalue weighted by Gasteiger charge is -1.93. The molecule has 0 aliphatic carbocycles. The molecule has 0 spiro atoms. The van der Waals surface area contributed by atoms with Gasteiger partial charge in [0, 0.05) is 0 Å². The van der Waals surface area contributed by atoms with E-state index in [0.717, 1.165) is 12.8 Å². The monoisotopic (exact) mass is 200 g/mol. The molecule has 1 nitrogen and oxygen atoms in total. The van der Waals surface area contributed by atoms with Crippen LogP contribution in [0.15, 0.2) is 55.1 Å². The second-order valence-electron chi connectivity index (χ2n) is 3.75. The van der Waals surface area contributed by atoms with Gasteiger partial charge >= 0.3 is 0 Å². The van der Waals surface area contributed by atoms with Crippen LogP contribution in [0.5, 0.6) is 0 Å². The molecule has 78 valence electrons. The Morgan fingerprint density at radius 3 is 2.80 bits per heavy atom. The van der Waals surface area contributed by atoms with Crippen LogP contribution in [0.4, 0.5) is 0 Å². The smallest absolute Gasteiger partial charge is 0.109 e. The normalized spacial score (nSPS) is 24.3. The van der Waals surface area contributed by atoms with Crippen molar-refractivity contribution >= 4 is 0 Å². The Kier molecular flexibility index (Phi) is 3.36. The highest BCUT2D eigenvalue weighted by molar-refractivity contribution is 5.22. The first-order valence-corrected chi connectivity index (χ1v) is 5.40. The van der Waals surface area contributed by atoms with E-state index in [1.807, 2.05) is 18.2 Å². The van der Waals surface area contributed by atoms with Crippen molar-refractivity contribution in [1.82, 2.24) is 0 Å². The van der Waals surface area contributed by atoms with E-state index in [1.165, 1.54) is 5.56 Å². The molecule has 1 fully saturated rings. The Labute approximate surface area is 91.1 Å². The predicted octanol–water partition coefficient (Wildman–Crippen LogP) is 3.65. The maximum absolute atomic E-state index is 5.62. The van der Waals surface area contributed by atoms with Gasteiger partial charge in [-0.2, -0.15) is 0 Å². The van der Waals surface area contributed by atoms with E-state index in [9.17, 15) is 0 Å². The van der Waals surface area contributed by atoms with Gasteiger partial charge in [-0.3, -0.25) is 0 Å². The highest BCUT2D eigenvalue weighted by Crippen LogP contribution is 2.41. The standard InChI is InChI=1S/C14H16O/c1-2-3-4-8-11-13-14(15-13)12-9-6-5-7-10-12/h2-7,9-10,13-14H,1,8,11H2. The van der Waals surface area contributed by atoms with Crippen molar-refractivity contribution in [3.63, 3.8) is 0 Å². The van der Waals surface area contributed by atoms with Gasteiger partial charge in [0.25, 0.3) is 0 Å². The van der Waals surface area contributed by atoms with Crippen molar-refractivity contribution in [1.29, 1.82) is 0 Å². The molecule has 2 atom stereocenters. The fourth-order valence-corrected chi connectivity index (χ4v) is 1.75.